The molecule has 2 aromatic carbocycles. The van der Waals surface area contributed by atoms with Crippen LogP contribution < -0.4 is 0 Å². The van der Waals surface area contributed by atoms with E-state index in [1.807, 2.05) is 30.3 Å². The Bertz CT molecular complexity index is 1220. The summed E-state index contributed by atoms with van der Waals surface area (Å²) in [7, 11) is 0. The van der Waals surface area contributed by atoms with Crippen molar-refractivity contribution in [2.24, 2.45) is 0 Å². The van der Waals surface area contributed by atoms with Crippen LogP contribution in [-0.4, -0.2) is 27.3 Å². The molecule has 0 bridgehead atoms. The third kappa shape index (κ3) is 3.63. The smallest absolute Gasteiger partial charge is 0.416 e. The molecule has 2 aromatic heterocycles. The largest absolute Gasteiger partial charge is 0.462 e. The summed E-state index contributed by atoms with van der Waals surface area (Å²) in [5.74, 6) is -0.561. The highest BCUT2D eigenvalue weighted by atomic mass is 19.4. The maximum absolute atomic E-state index is 13.2. The van der Waals surface area contributed by atoms with Crippen molar-refractivity contribution >= 4 is 17.0 Å². The molecule has 8 heteroatoms. The second-order valence-electron chi connectivity index (χ2n) is 6.49. The summed E-state index contributed by atoms with van der Waals surface area (Å²) in [5.41, 5.74) is 1.09. The van der Waals surface area contributed by atoms with E-state index in [9.17, 15) is 18.0 Å². The molecule has 30 heavy (non-hydrogen) atoms. The Kier molecular flexibility index (Phi) is 4.99. The summed E-state index contributed by atoms with van der Waals surface area (Å²) in [6.45, 7) is 1.88. The lowest BCUT2D eigenvalue weighted by Gasteiger charge is -2.07. The van der Waals surface area contributed by atoms with Crippen LogP contribution in [0.25, 0.3) is 28.0 Å². The molecule has 0 spiro atoms. The van der Waals surface area contributed by atoms with E-state index in [2.05, 4.69) is 10.1 Å². The molecule has 0 aliphatic carbocycles. The summed E-state index contributed by atoms with van der Waals surface area (Å²) in [5, 5.41) is 4.98. The standard InChI is InChI=1S/C22H16F3N3O2/c1-2-30-21(29)15-12-18-19(14-7-6-8-16(11-14)22(23,24)25)27-28(20(18)26-13-15)17-9-4-3-5-10-17/h3-13H,2H2,1H3. The van der Waals surface area contributed by atoms with Crippen molar-refractivity contribution in [2.45, 2.75) is 13.1 Å². The van der Waals surface area contributed by atoms with E-state index >= 15 is 0 Å². The maximum Gasteiger partial charge on any atom is 0.416 e. The number of nitrogens with zero attached hydrogens (tertiary/aromatic N) is 3. The Labute approximate surface area is 169 Å². The van der Waals surface area contributed by atoms with E-state index in [1.165, 1.54) is 12.3 Å². The summed E-state index contributed by atoms with van der Waals surface area (Å²) >= 11 is 0. The summed E-state index contributed by atoms with van der Waals surface area (Å²) < 4.78 is 46.2. The zero-order chi connectivity index (χ0) is 21.3. The lowest BCUT2D eigenvalue weighted by Crippen LogP contribution is -2.05. The van der Waals surface area contributed by atoms with E-state index in [0.717, 1.165) is 12.1 Å². The van der Waals surface area contributed by atoms with E-state index < -0.39 is 17.7 Å². The molecule has 0 radical (unpaired) electrons. The molecule has 4 aromatic rings. The maximum atomic E-state index is 13.2. The van der Waals surface area contributed by atoms with Crippen LogP contribution in [0.3, 0.4) is 0 Å². The average Bonchev–Trinajstić information content (AvgIpc) is 3.13. The number of hydrogen-bond donors (Lipinski definition) is 0. The Morgan fingerprint density at radius 3 is 2.53 bits per heavy atom. The van der Waals surface area contributed by atoms with Gasteiger partial charge in [-0.15, -0.1) is 0 Å². The van der Waals surface area contributed by atoms with E-state index in [4.69, 9.17) is 4.74 Å². The number of aromatic nitrogens is 3. The van der Waals surface area contributed by atoms with E-state index in [0.29, 0.717) is 22.4 Å². The molecule has 5 nitrogen and oxygen atoms in total. The van der Waals surface area contributed by atoms with Crippen molar-refractivity contribution in [3.05, 3.63) is 78.0 Å². The van der Waals surface area contributed by atoms with Gasteiger partial charge in [-0.05, 0) is 37.3 Å². The van der Waals surface area contributed by atoms with Crippen molar-refractivity contribution in [3.63, 3.8) is 0 Å². The minimum atomic E-state index is -4.48. The number of pyridine rings is 1. The van der Waals surface area contributed by atoms with E-state index in [1.54, 1.807) is 23.7 Å². The van der Waals surface area contributed by atoms with Crippen LogP contribution in [0.2, 0.25) is 0 Å². The number of carbonyl (C=O) groups excluding carboxylic acids is 1. The second-order valence-corrected chi connectivity index (χ2v) is 6.49. The number of rotatable bonds is 4. The van der Waals surface area contributed by atoms with Crippen LogP contribution in [0.1, 0.15) is 22.8 Å². The van der Waals surface area contributed by atoms with E-state index in [-0.39, 0.29) is 17.7 Å². The third-order valence-electron chi connectivity index (χ3n) is 4.50. The normalized spacial score (nSPS) is 11.6. The van der Waals surface area contributed by atoms with Gasteiger partial charge in [0.25, 0.3) is 0 Å². The molecule has 152 valence electrons. The zero-order valence-electron chi connectivity index (χ0n) is 15.8. The van der Waals surface area contributed by atoms with Crippen molar-refractivity contribution in [2.75, 3.05) is 6.61 Å². The predicted octanol–water partition coefficient (Wildman–Crippen LogP) is 5.28. The van der Waals surface area contributed by atoms with Crippen LogP contribution in [0.4, 0.5) is 13.2 Å². The molecular formula is C22H16F3N3O2. The van der Waals surface area contributed by atoms with Gasteiger partial charge in [-0.3, -0.25) is 0 Å². The summed E-state index contributed by atoms with van der Waals surface area (Å²) in [6.07, 6.45) is -3.11. The third-order valence-corrected chi connectivity index (χ3v) is 4.50. The number of benzene rings is 2. The number of hydrogen-bond acceptors (Lipinski definition) is 4. The first kappa shape index (κ1) is 19.6. The lowest BCUT2D eigenvalue weighted by molar-refractivity contribution is -0.137. The second kappa shape index (κ2) is 7.62. The van der Waals surface area contributed by atoms with Crippen molar-refractivity contribution < 1.29 is 22.7 Å². The highest BCUT2D eigenvalue weighted by Crippen LogP contribution is 2.34. The molecule has 0 saturated heterocycles. The minimum absolute atomic E-state index is 0.195. The number of fused-ring (bicyclic) bond motifs is 1. The number of esters is 1. The van der Waals surface area contributed by atoms with Gasteiger partial charge < -0.3 is 4.74 Å². The Hall–Kier alpha value is -3.68. The predicted molar refractivity (Wildman–Crippen MR) is 105 cm³/mol. The quantitative estimate of drug-likeness (QED) is 0.429. The fourth-order valence-electron chi connectivity index (χ4n) is 3.13. The Morgan fingerprint density at radius 2 is 1.83 bits per heavy atom. The Morgan fingerprint density at radius 1 is 1.07 bits per heavy atom. The monoisotopic (exact) mass is 411 g/mol. The van der Waals surface area contributed by atoms with Crippen molar-refractivity contribution in [1.29, 1.82) is 0 Å². The lowest BCUT2D eigenvalue weighted by atomic mass is 10.0. The molecule has 0 N–H and O–H groups in total. The van der Waals surface area contributed by atoms with Crippen molar-refractivity contribution in [1.82, 2.24) is 14.8 Å². The van der Waals surface area contributed by atoms with Gasteiger partial charge in [0.05, 0.1) is 23.4 Å². The molecule has 0 saturated carbocycles. The van der Waals surface area contributed by atoms with Gasteiger partial charge in [0, 0.05) is 17.1 Å². The minimum Gasteiger partial charge on any atom is -0.462 e. The van der Waals surface area contributed by atoms with Gasteiger partial charge in [0.15, 0.2) is 5.65 Å². The average molecular weight is 411 g/mol. The molecule has 2 heterocycles. The number of para-hydroxylation sites is 1. The molecule has 4 rings (SSSR count). The summed E-state index contributed by atoms with van der Waals surface area (Å²) in [4.78, 5) is 16.5. The van der Waals surface area contributed by atoms with Gasteiger partial charge in [0.2, 0.25) is 0 Å². The molecule has 0 amide bonds. The van der Waals surface area contributed by atoms with Gasteiger partial charge in [0.1, 0.15) is 5.69 Å². The highest BCUT2D eigenvalue weighted by molar-refractivity contribution is 5.98. The van der Waals surface area contributed by atoms with Crippen LogP contribution in [0.5, 0.6) is 0 Å². The fourth-order valence-corrected chi connectivity index (χ4v) is 3.13. The first-order valence-corrected chi connectivity index (χ1v) is 9.17. The zero-order valence-corrected chi connectivity index (χ0v) is 15.8. The molecule has 0 atom stereocenters. The van der Waals surface area contributed by atoms with Crippen LogP contribution in [0.15, 0.2) is 66.9 Å². The van der Waals surface area contributed by atoms with Crippen LogP contribution in [0, 0.1) is 0 Å². The number of alkyl halides is 3. The van der Waals surface area contributed by atoms with Gasteiger partial charge in [-0.25, -0.2) is 14.5 Å². The van der Waals surface area contributed by atoms with Gasteiger partial charge >= 0.3 is 12.1 Å². The highest BCUT2D eigenvalue weighted by Gasteiger charge is 2.31. The van der Waals surface area contributed by atoms with Crippen LogP contribution in [-0.2, 0) is 10.9 Å². The van der Waals surface area contributed by atoms with Crippen molar-refractivity contribution in [3.8, 4) is 16.9 Å². The van der Waals surface area contributed by atoms with Crippen LogP contribution >= 0.6 is 0 Å². The SMILES string of the molecule is CCOC(=O)c1cnc2c(c1)c(-c1cccc(C(F)(F)F)c1)nn2-c1ccccc1. The molecule has 0 aliphatic heterocycles. The molecular weight excluding hydrogens is 395 g/mol. The first-order chi connectivity index (χ1) is 14.4. The first-order valence-electron chi connectivity index (χ1n) is 9.17. The Balaban J connectivity index is 1.96. The molecule has 0 unspecified atom stereocenters. The van der Waals surface area contributed by atoms with Gasteiger partial charge in [-0.1, -0.05) is 30.3 Å². The fraction of sp³-hybridized carbons (Fsp3) is 0.136. The number of ether oxygens (including phenoxy) is 1. The number of halogens is 3. The topological polar surface area (TPSA) is 57.0 Å². The molecule has 0 aliphatic rings. The van der Waals surface area contributed by atoms with Gasteiger partial charge in [-0.2, -0.15) is 18.3 Å². The number of carbonyl (C=O) groups is 1. The summed E-state index contributed by atoms with van der Waals surface area (Å²) in [6, 6.07) is 15.6. The molecule has 0 fully saturated rings.